The summed E-state index contributed by atoms with van der Waals surface area (Å²) < 4.78 is 0. The van der Waals surface area contributed by atoms with Crippen LogP contribution in [0.3, 0.4) is 0 Å². The Bertz CT molecular complexity index is 26.5. The fourth-order valence-corrected chi connectivity index (χ4v) is 0. The van der Waals surface area contributed by atoms with Gasteiger partial charge in [0.2, 0.25) is 0 Å². The molecule has 0 unspecified atom stereocenters. The topological polar surface area (TPSA) is 46.1 Å². The monoisotopic (exact) mass is 125 g/mol. The minimum Gasteiger partial charge on any atom is -0.852 e. The molecule has 0 aromatic rings. The van der Waals surface area contributed by atoms with Crippen molar-refractivity contribution < 1.29 is 29.1 Å². The van der Waals surface area contributed by atoms with E-state index in [1.807, 2.05) is 0 Å². The molecule has 0 saturated carbocycles. The Morgan fingerprint density at radius 2 is 0.778 bits per heavy atom. The summed E-state index contributed by atoms with van der Waals surface area (Å²) in [6.45, 7) is 6.44. The normalized spacial score (nSPS) is 8.00. The molecule has 0 radical (unpaired) electrons. The molecule has 9 heavy (non-hydrogen) atoms. The molecule has 0 aromatic carbocycles. The van der Waals surface area contributed by atoms with Gasteiger partial charge < -0.3 is 10.2 Å². The van der Waals surface area contributed by atoms with E-state index in [0.29, 0.717) is 0 Å². The molecule has 52 valence electrons. The van der Waals surface area contributed by atoms with Gasteiger partial charge in [0, 0.05) is 0 Å². The van der Waals surface area contributed by atoms with Gasteiger partial charge >= 0.3 is 18.9 Å². The second-order valence-electron chi connectivity index (χ2n) is 2.10. The van der Waals surface area contributed by atoms with Crippen LogP contribution in [0, 0.1) is 0 Å². The summed E-state index contributed by atoms with van der Waals surface area (Å²) in [6, 6.07) is 0. The van der Waals surface area contributed by atoms with E-state index in [2.05, 4.69) is 0 Å². The first-order valence-electron chi connectivity index (χ1n) is 2.78. The summed E-state index contributed by atoms with van der Waals surface area (Å²) in [7, 11) is 0. The molecule has 0 aromatic heterocycles. The molecule has 0 spiro atoms. The molecule has 0 bridgehead atoms. The molecule has 2 nitrogen and oxygen atoms in total. The maximum atomic E-state index is 9.53. The van der Waals surface area contributed by atoms with Crippen LogP contribution in [0.2, 0.25) is 0 Å². The fourth-order valence-electron chi connectivity index (χ4n) is 0. The quantitative estimate of drug-likeness (QED) is 0.315. The largest absolute Gasteiger partial charge is 1.00 e. The average Bonchev–Trinajstić information content (AvgIpc) is 1.25. The minimum absolute atomic E-state index is 0. The predicted molar refractivity (Wildman–Crippen MR) is 30.3 cm³/mol. The van der Waals surface area contributed by atoms with Crippen LogP contribution < -0.4 is 29.1 Å². The van der Waals surface area contributed by atoms with Crippen molar-refractivity contribution in [3.05, 3.63) is 0 Å². The first kappa shape index (κ1) is 16.3. The molecule has 0 atom stereocenters. The van der Waals surface area contributed by atoms with Gasteiger partial charge in [-0.15, -0.1) is 12.2 Å². The molecular formula is C6H14LiO2-. The van der Waals surface area contributed by atoms with Crippen LogP contribution in [0.15, 0.2) is 0 Å². The first-order valence-corrected chi connectivity index (χ1v) is 2.78. The standard InChI is InChI=1S/2C3H7O.Li/c2*1-3(2)4;/h2*3H,1-2H3;/q2*-1;+1. The van der Waals surface area contributed by atoms with Gasteiger partial charge in [-0.25, -0.2) is 0 Å². The van der Waals surface area contributed by atoms with Gasteiger partial charge in [-0.1, -0.05) is 27.7 Å². The zero-order chi connectivity index (χ0) is 7.15. The van der Waals surface area contributed by atoms with Gasteiger partial charge in [-0.3, -0.25) is 0 Å². The smallest absolute Gasteiger partial charge is 0.852 e. The molecule has 0 aliphatic carbocycles. The molecule has 0 aliphatic rings. The molecule has 0 heterocycles. The van der Waals surface area contributed by atoms with Crippen molar-refractivity contribution in [2.75, 3.05) is 0 Å². The maximum absolute atomic E-state index is 9.53. The van der Waals surface area contributed by atoms with Crippen LogP contribution in [-0.4, -0.2) is 12.2 Å². The van der Waals surface area contributed by atoms with Crippen LogP contribution in [-0.2, 0) is 0 Å². The van der Waals surface area contributed by atoms with Gasteiger partial charge in [0.1, 0.15) is 0 Å². The first-order chi connectivity index (χ1) is 3.46. The van der Waals surface area contributed by atoms with E-state index in [0.717, 1.165) is 0 Å². The maximum Gasteiger partial charge on any atom is 1.00 e. The van der Waals surface area contributed by atoms with E-state index >= 15 is 0 Å². The Hall–Kier alpha value is 0.517. The molecular weight excluding hydrogens is 111 g/mol. The molecule has 0 N–H and O–H groups in total. The van der Waals surface area contributed by atoms with E-state index < -0.39 is 12.2 Å². The van der Waals surface area contributed by atoms with Crippen molar-refractivity contribution >= 4 is 0 Å². The average molecular weight is 125 g/mol. The third-order valence-electron chi connectivity index (χ3n) is 0. The van der Waals surface area contributed by atoms with Gasteiger partial charge in [0.15, 0.2) is 0 Å². The summed E-state index contributed by atoms with van der Waals surface area (Å²) in [6.07, 6.45) is -0.833. The van der Waals surface area contributed by atoms with Crippen molar-refractivity contribution in [2.24, 2.45) is 0 Å². The second-order valence-corrected chi connectivity index (χ2v) is 2.10. The van der Waals surface area contributed by atoms with Crippen molar-refractivity contribution in [3.8, 4) is 0 Å². The number of hydrogen-bond acceptors (Lipinski definition) is 2. The fraction of sp³-hybridized carbons (Fsp3) is 1.00. The van der Waals surface area contributed by atoms with Crippen LogP contribution in [0.1, 0.15) is 27.7 Å². The molecule has 0 rings (SSSR count). The Balaban J connectivity index is -0.0000000720. The Morgan fingerprint density at radius 3 is 0.778 bits per heavy atom. The zero-order valence-corrected chi connectivity index (χ0v) is 6.97. The second kappa shape index (κ2) is 11.3. The third-order valence-corrected chi connectivity index (χ3v) is 0. The number of hydrogen-bond donors (Lipinski definition) is 0. The molecule has 0 saturated heterocycles. The van der Waals surface area contributed by atoms with E-state index in [-0.39, 0.29) is 18.9 Å². The van der Waals surface area contributed by atoms with E-state index in [9.17, 15) is 10.2 Å². The Labute approximate surface area is 69.5 Å². The summed E-state index contributed by atoms with van der Waals surface area (Å²) in [5.74, 6) is 0. The van der Waals surface area contributed by atoms with Gasteiger partial charge in [0.05, 0.1) is 0 Å². The third kappa shape index (κ3) is 1350. The Morgan fingerprint density at radius 1 is 0.778 bits per heavy atom. The zero-order valence-electron chi connectivity index (χ0n) is 6.97. The number of rotatable bonds is 0. The van der Waals surface area contributed by atoms with Crippen LogP contribution in [0.4, 0.5) is 0 Å². The minimum atomic E-state index is -0.417. The SMILES string of the molecule is CC(C)[O-].CC(C)[O-].[Li+]. The summed E-state index contributed by atoms with van der Waals surface area (Å²) in [5.41, 5.74) is 0. The van der Waals surface area contributed by atoms with Gasteiger partial charge in [-0.05, 0) is 0 Å². The molecule has 0 amide bonds. The van der Waals surface area contributed by atoms with Crippen LogP contribution in [0.5, 0.6) is 0 Å². The summed E-state index contributed by atoms with van der Waals surface area (Å²) >= 11 is 0. The molecule has 0 aliphatic heterocycles. The van der Waals surface area contributed by atoms with Crippen molar-refractivity contribution in [3.63, 3.8) is 0 Å². The summed E-state index contributed by atoms with van der Waals surface area (Å²) in [4.78, 5) is 0. The Kier molecular flexibility index (Phi) is 20.5. The molecule has 0 fully saturated rings. The molecule has 3 heteroatoms. The van der Waals surface area contributed by atoms with E-state index in [4.69, 9.17) is 0 Å². The van der Waals surface area contributed by atoms with E-state index in [1.165, 1.54) is 0 Å². The van der Waals surface area contributed by atoms with Gasteiger partial charge in [-0.2, -0.15) is 0 Å². The van der Waals surface area contributed by atoms with Crippen molar-refractivity contribution in [1.29, 1.82) is 0 Å². The van der Waals surface area contributed by atoms with Crippen molar-refractivity contribution in [1.82, 2.24) is 0 Å². The van der Waals surface area contributed by atoms with Gasteiger partial charge in [0.25, 0.3) is 0 Å². The van der Waals surface area contributed by atoms with Crippen molar-refractivity contribution in [2.45, 2.75) is 39.9 Å². The van der Waals surface area contributed by atoms with Crippen LogP contribution in [0.25, 0.3) is 0 Å². The summed E-state index contributed by atoms with van der Waals surface area (Å²) in [5, 5.41) is 19.1. The van der Waals surface area contributed by atoms with Crippen LogP contribution >= 0.6 is 0 Å². The predicted octanol–water partition coefficient (Wildman–Crippen LogP) is -3.49. The van der Waals surface area contributed by atoms with E-state index in [1.54, 1.807) is 27.7 Å².